The number of fused-ring (bicyclic) bond motifs is 7. The zero-order chi connectivity index (χ0) is 45.1. The van der Waals surface area contributed by atoms with Crippen molar-refractivity contribution < 1.29 is 83.9 Å². The Kier molecular flexibility index (Phi) is 13.1. The van der Waals surface area contributed by atoms with Crippen LogP contribution in [0.2, 0.25) is 0 Å². The third-order valence-electron chi connectivity index (χ3n) is 19.0. The SMILES string of the molecule is C[C@@H]1CCC2(OC1)OC1CC3C4CC[C@@]5(C)C[C@@H](O[C@@H]6O[C@H](CO)[C@@H](O)[C@H](O[C@@H]7O[C@H](CO)[C@@H](O)[C@H](O)[C@H]7O[C@@H]7O[C@H](C)[C@H](O)[C@@H](O)[C@H]7O)[C@H]6O)CC[C@]5(C)C4CC[C@]3(C)C1[C@@H]2C. The first-order chi connectivity index (χ1) is 29.8. The van der Waals surface area contributed by atoms with Crippen LogP contribution in [0.5, 0.6) is 0 Å². The second-order valence-corrected chi connectivity index (χ2v) is 22.2. The van der Waals surface area contributed by atoms with Crippen molar-refractivity contribution in [3.8, 4) is 0 Å². The zero-order valence-electron chi connectivity index (χ0n) is 37.8. The van der Waals surface area contributed by atoms with Crippen molar-refractivity contribution in [3.05, 3.63) is 0 Å². The number of aliphatic hydroxyl groups is 9. The fourth-order valence-corrected chi connectivity index (χ4v) is 15.0. The Balaban J connectivity index is 0.876. The van der Waals surface area contributed by atoms with Gasteiger partial charge in [-0.1, -0.05) is 34.6 Å². The van der Waals surface area contributed by atoms with Crippen LogP contribution in [0.1, 0.15) is 106 Å². The van der Waals surface area contributed by atoms with Crippen LogP contribution in [0.3, 0.4) is 0 Å². The van der Waals surface area contributed by atoms with E-state index < -0.39 is 111 Å². The molecule has 0 aromatic rings. The largest absolute Gasteiger partial charge is 0.394 e. The molecule has 27 atom stereocenters. The van der Waals surface area contributed by atoms with Crippen LogP contribution >= 0.6 is 0 Å². The molecule has 4 aliphatic carbocycles. The number of hydrogen-bond acceptors (Lipinski definition) is 17. The van der Waals surface area contributed by atoms with Crippen molar-refractivity contribution >= 4 is 0 Å². The predicted octanol–water partition coefficient (Wildman–Crippen LogP) is 0.684. The molecule has 5 saturated heterocycles. The summed E-state index contributed by atoms with van der Waals surface area (Å²) in [5.74, 6) is 2.79. The van der Waals surface area contributed by atoms with E-state index in [9.17, 15) is 46.0 Å². The molecule has 9 fully saturated rings. The van der Waals surface area contributed by atoms with Gasteiger partial charge in [-0.15, -0.1) is 0 Å². The van der Waals surface area contributed by atoms with Crippen LogP contribution in [-0.4, -0.2) is 176 Å². The first kappa shape index (κ1) is 47.4. The summed E-state index contributed by atoms with van der Waals surface area (Å²) < 4.78 is 49.6. The minimum atomic E-state index is -1.81. The lowest BCUT2D eigenvalue weighted by atomic mass is 9.40. The smallest absolute Gasteiger partial charge is 0.187 e. The van der Waals surface area contributed by atoms with Crippen molar-refractivity contribution in [1.29, 1.82) is 0 Å². The Bertz CT molecular complexity index is 1600. The summed E-state index contributed by atoms with van der Waals surface area (Å²) in [5.41, 5.74) is 0.221. The van der Waals surface area contributed by atoms with Crippen LogP contribution in [0.25, 0.3) is 0 Å². The van der Waals surface area contributed by atoms with Gasteiger partial charge >= 0.3 is 0 Å². The molecule has 9 N–H and O–H groups in total. The Morgan fingerprint density at radius 1 is 0.603 bits per heavy atom. The lowest BCUT2D eigenvalue weighted by Gasteiger charge is -2.65. The highest BCUT2D eigenvalue weighted by Crippen LogP contribution is 2.73. The standard InChI is InChI=1S/C46H76O17/c1-20-7-14-46(56-19-20)21(2)30-27(63-46)15-26-24-9-11-43(4)16-23(8-13-45(43,6)25(24)10-12-44(26,30)5)58-41-37(55)38(33(51)29(18-48)59-41)61-42-39(35(53)32(50)28(17-47)60-42)62-40-36(54)34(52)31(49)22(3)57-40/h20-42,47-55H,7-19H2,1-6H3/t20-,21+,22-,23+,24?,25?,26?,27?,28-,29-,30?,31+,32-,33-,34-,35+,36-,37-,38+,39-,40+,41-,42+,43+,44+,45-,46?/m1/s1. The van der Waals surface area contributed by atoms with Gasteiger partial charge in [0.2, 0.25) is 0 Å². The molecular weight excluding hydrogens is 824 g/mol. The van der Waals surface area contributed by atoms with Crippen LogP contribution in [0, 0.1) is 51.8 Å². The summed E-state index contributed by atoms with van der Waals surface area (Å²) in [6.45, 7) is 12.9. The van der Waals surface area contributed by atoms with Crippen LogP contribution in [0.4, 0.5) is 0 Å². The van der Waals surface area contributed by atoms with E-state index in [1.165, 1.54) is 19.8 Å². The number of ether oxygens (including phenoxy) is 8. The van der Waals surface area contributed by atoms with Gasteiger partial charge in [0.1, 0.15) is 67.1 Å². The first-order valence-corrected chi connectivity index (χ1v) is 24.0. The van der Waals surface area contributed by atoms with Crippen molar-refractivity contribution in [3.63, 3.8) is 0 Å². The molecule has 5 heterocycles. The van der Waals surface area contributed by atoms with Gasteiger partial charge < -0.3 is 83.9 Å². The highest BCUT2D eigenvalue weighted by molar-refractivity contribution is 5.17. The van der Waals surface area contributed by atoms with Gasteiger partial charge in [0, 0.05) is 12.3 Å². The van der Waals surface area contributed by atoms with E-state index in [1.54, 1.807) is 0 Å². The summed E-state index contributed by atoms with van der Waals surface area (Å²) in [4.78, 5) is 0. The summed E-state index contributed by atoms with van der Waals surface area (Å²) in [6.07, 6.45) is -13.1. The van der Waals surface area contributed by atoms with Gasteiger partial charge in [-0.25, -0.2) is 0 Å². The minimum absolute atomic E-state index is 0.0607. The fraction of sp³-hybridized carbons (Fsp3) is 1.00. The van der Waals surface area contributed by atoms with Gasteiger partial charge in [-0.05, 0) is 111 Å². The minimum Gasteiger partial charge on any atom is -0.394 e. The van der Waals surface area contributed by atoms with Crippen molar-refractivity contribution in [2.75, 3.05) is 19.8 Å². The maximum atomic E-state index is 11.8. The quantitative estimate of drug-likeness (QED) is 0.152. The zero-order valence-corrected chi connectivity index (χ0v) is 37.8. The topological polar surface area (TPSA) is 256 Å². The van der Waals surface area contributed by atoms with E-state index in [4.69, 9.17) is 37.9 Å². The molecule has 6 unspecified atom stereocenters. The molecular formula is C46H76O17. The highest BCUT2D eigenvalue weighted by Gasteiger charge is 2.70. The summed E-state index contributed by atoms with van der Waals surface area (Å²) >= 11 is 0. The van der Waals surface area contributed by atoms with E-state index in [2.05, 4.69) is 34.6 Å². The number of aliphatic hydroxyl groups excluding tert-OH is 9. The van der Waals surface area contributed by atoms with E-state index in [0.29, 0.717) is 35.5 Å². The summed E-state index contributed by atoms with van der Waals surface area (Å²) in [7, 11) is 0. The van der Waals surface area contributed by atoms with Crippen molar-refractivity contribution in [2.24, 2.45) is 51.8 Å². The van der Waals surface area contributed by atoms with Gasteiger partial charge in [-0.2, -0.15) is 0 Å². The van der Waals surface area contributed by atoms with E-state index in [0.717, 1.165) is 58.0 Å². The Labute approximate surface area is 370 Å². The van der Waals surface area contributed by atoms with Crippen LogP contribution in [0.15, 0.2) is 0 Å². The van der Waals surface area contributed by atoms with E-state index in [1.807, 2.05) is 0 Å². The average molecular weight is 901 g/mol. The van der Waals surface area contributed by atoms with E-state index in [-0.39, 0.29) is 28.5 Å². The lowest BCUT2D eigenvalue weighted by molar-refractivity contribution is -0.390. The summed E-state index contributed by atoms with van der Waals surface area (Å²) in [5, 5.41) is 96.8. The third kappa shape index (κ3) is 7.62. The van der Waals surface area contributed by atoms with Gasteiger partial charge in [0.15, 0.2) is 24.7 Å². The maximum Gasteiger partial charge on any atom is 0.187 e. The van der Waals surface area contributed by atoms with Crippen LogP contribution < -0.4 is 0 Å². The molecule has 17 heteroatoms. The Hall–Kier alpha value is -0.680. The monoisotopic (exact) mass is 901 g/mol. The highest BCUT2D eigenvalue weighted by atomic mass is 16.8. The van der Waals surface area contributed by atoms with Crippen molar-refractivity contribution in [2.45, 2.75) is 216 Å². The number of rotatable bonds is 8. The molecule has 17 nitrogen and oxygen atoms in total. The molecule has 9 rings (SSSR count). The van der Waals surface area contributed by atoms with Crippen LogP contribution in [-0.2, 0) is 37.9 Å². The summed E-state index contributed by atoms with van der Waals surface area (Å²) in [6, 6.07) is 0. The van der Waals surface area contributed by atoms with E-state index >= 15 is 0 Å². The molecule has 0 radical (unpaired) electrons. The molecule has 4 saturated carbocycles. The van der Waals surface area contributed by atoms with Crippen molar-refractivity contribution in [1.82, 2.24) is 0 Å². The molecule has 63 heavy (non-hydrogen) atoms. The lowest BCUT2D eigenvalue weighted by Crippen LogP contribution is -2.67. The molecule has 0 amide bonds. The van der Waals surface area contributed by atoms with Gasteiger partial charge in [0.25, 0.3) is 0 Å². The predicted molar refractivity (Wildman–Crippen MR) is 219 cm³/mol. The second-order valence-electron chi connectivity index (χ2n) is 22.2. The molecule has 9 aliphatic rings. The molecule has 1 spiro atoms. The molecule has 5 aliphatic heterocycles. The molecule has 0 aromatic carbocycles. The average Bonchev–Trinajstić information content (AvgIpc) is 3.70. The number of hydrogen-bond donors (Lipinski definition) is 9. The third-order valence-corrected chi connectivity index (χ3v) is 19.0. The van der Waals surface area contributed by atoms with Gasteiger partial charge in [0.05, 0.1) is 38.1 Å². The molecule has 0 aromatic heterocycles. The first-order valence-electron chi connectivity index (χ1n) is 24.0. The second kappa shape index (κ2) is 17.4. The normalized spacial score (nSPS) is 59.4. The maximum absolute atomic E-state index is 11.8. The molecule has 0 bridgehead atoms. The fourth-order valence-electron chi connectivity index (χ4n) is 15.0. The molecule has 362 valence electrons. The Morgan fingerprint density at radius 2 is 1.29 bits per heavy atom. The van der Waals surface area contributed by atoms with Gasteiger partial charge in [-0.3, -0.25) is 0 Å². The Morgan fingerprint density at radius 3 is 1.98 bits per heavy atom.